The maximum Gasteiger partial charge on any atom is 0.407 e. The van der Waals surface area contributed by atoms with Crippen LogP contribution in [0.15, 0.2) is 52.9 Å². The van der Waals surface area contributed by atoms with E-state index in [4.69, 9.17) is 0 Å². The fraction of sp³-hybridized carbons (Fsp3) is 0.444. The molecular weight excluding hydrogens is 540 g/mol. The highest BCUT2D eigenvalue weighted by molar-refractivity contribution is 7.89. The second-order valence-corrected chi connectivity index (χ2v) is 12.4. The lowest BCUT2D eigenvalue weighted by atomic mass is 10.0. The molecule has 0 aliphatic rings. The van der Waals surface area contributed by atoms with Crippen LogP contribution in [0.3, 0.4) is 0 Å². The van der Waals surface area contributed by atoms with Crippen LogP contribution in [0.25, 0.3) is 10.2 Å². The van der Waals surface area contributed by atoms with Gasteiger partial charge in [0, 0.05) is 18.3 Å². The first-order chi connectivity index (χ1) is 18.6. The van der Waals surface area contributed by atoms with Crippen molar-refractivity contribution in [2.24, 2.45) is 5.92 Å². The lowest BCUT2D eigenvalue weighted by Gasteiger charge is -2.30. The Bertz CT molecular complexity index is 1380. The summed E-state index contributed by atoms with van der Waals surface area (Å²) in [7, 11) is -2.69. The summed E-state index contributed by atoms with van der Waals surface area (Å²) in [6, 6.07) is 10.6. The number of hydrogen-bond acceptors (Lipinski definition) is 8. The molecule has 2 amide bonds. The first-order valence-corrected chi connectivity index (χ1v) is 15.1. The van der Waals surface area contributed by atoms with Gasteiger partial charge in [0.15, 0.2) is 0 Å². The molecule has 3 rings (SSSR count). The van der Waals surface area contributed by atoms with Crippen LogP contribution in [0, 0.1) is 5.92 Å². The van der Waals surface area contributed by atoms with Crippen LogP contribution in [-0.2, 0) is 26.0 Å². The molecular formula is C27H36N4O6S2. The van der Waals surface area contributed by atoms with Gasteiger partial charge >= 0.3 is 6.09 Å². The molecule has 2 aromatic carbocycles. The summed E-state index contributed by atoms with van der Waals surface area (Å²) in [5.74, 6) is -0.159. The summed E-state index contributed by atoms with van der Waals surface area (Å²) >= 11 is 1.37. The van der Waals surface area contributed by atoms with Gasteiger partial charge in [-0.1, -0.05) is 32.0 Å². The molecule has 2 atom stereocenters. The van der Waals surface area contributed by atoms with Gasteiger partial charge < -0.3 is 20.5 Å². The quantitative estimate of drug-likeness (QED) is 0.280. The van der Waals surface area contributed by atoms with Gasteiger partial charge in [-0.3, -0.25) is 4.79 Å². The number of anilines is 1. The summed E-state index contributed by atoms with van der Waals surface area (Å²) in [4.78, 5) is 28.5. The van der Waals surface area contributed by atoms with Crippen LogP contribution < -0.4 is 10.6 Å². The molecule has 39 heavy (non-hydrogen) atoms. The normalized spacial score (nSPS) is 13.4. The number of nitrogens with zero attached hydrogens (tertiary/aromatic N) is 2. The molecule has 3 N–H and O–H groups in total. The zero-order valence-corrected chi connectivity index (χ0v) is 24.2. The molecule has 0 radical (unpaired) electrons. The molecule has 1 heterocycles. The zero-order valence-electron chi connectivity index (χ0n) is 22.6. The molecule has 12 heteroatoms. The van der Waals surface area contributed by atoms with Crippen molar-refractivity contribution < 1.29 is 27.9 Å². The molecule has 2 unspecified atom stereocenters. The van der Waals surface area contributed by atoms with Gasteiger partial charge in [-0.05, 0) is 61.9 Å². The van der Waals surface area contributed by atoms with Crippen molar-refractivity contribution in [2.75, 3.05) is 25.6 Å². The number of hydrogen-bond donors (Lipinski definition) is 3. The third-order valence-corrected chi connectivity index (χ3v) is 9.13. The molecule has 10 nitrogen and oxygen atoms in total. The number of methoxy groups -OCH3 is 1. The predicted molar refractivity (Wildman–Crippen MR) is 152 cm³/mol. The summed E-state index contributed by atoms with van der Waals surface area (Å²) in [6.07, 6.45) is 0.659. The number of aliphatic hydroxyl groups is 1. The van der Waals surface area contributed by atoms with Crippen molar-refractivity contribution in [2.45, 2.75) is 57.0 Å². The van der Waals surface area contributed by atoms with Gasteiger partial charge in [0.05, 0.1) is 34.3 Å². The van der Waals surface area contributed by atoms with Crippen molar-refractivity contribution >= 4 is 49.3 Å². The maximum atomic E-state index is 13.8. The zero-order chi connectivity index (χ0) is 28.6. The SMILES string of the molecule is COC(=O)NC(C)C(=O)Nc1ccccc1CCC(CO)N(CCC(C)C)S(=O)(=O)c1ccc2ncsc2c1. The highest BCUT2D eigenvalue weighted by Crippen LogP contribution is 2.27. The number of para-hydroxylation sites is 1. The van der Waals surface area contributed by atoms with Crippen molar-refractivity contribution in [3.63, 3.8) is 0 Å². The molecule has 0 saturated heterocycles. The fourth-order valence-electron chi connectivity index (χ4n) is 4.07. The molecule has 0 spiro atoms. The number of fused-ring (bicyclic) bond motifs is 1. The van der Waals surface area contributed by atoms with Crippen LogP contribution in [0.1, 0.15) is 39.2 Å². The number of rotatable bonds is 13. The summed E-state index contributed by atoms with van der Waals surface area (Å²) in [6.45, 7) is 5.50. The predicted octanol–water partition coefficient (Wildman–Crippen LogP) is 4.01. The average Bonchev–Trinajstić information content (AvgIpc) is 3.39. The monoisotopic (exact) mass is 576 g/mol. The number of aryl methyl sites for hydroxylation is 1. The van der Waals surface area contributed by atoms with Crippen molar-refractivity contribution in [1.82, 2.24) is 14.6 Å². The third kappa shape index (κ3) is 7.98. The lowest BCUT2D eigenvalue weighted by molar-refractivity contribution is -0.117. The first kappa shape index (κ1) is 30.5. The van der Waals surface area contributed by atoms with E-state index < -0.39 is 34.1 Å². The summed E-state index contributed by atoms with van der Waals surface area (Å²) < 4.78 is 34.4. The lowest BCUT2D eigenvalue weighted by Crippen LogP contribution is -2.43. The molecule has 0 aliphatic carbocycles. The van der Waals surface area contributed by atoms with E-state index in [1.807, 2.05) is 26.0 Å². The maximum absolute atomic E-state index is 13.8. The van der Waals surface area contributed by atoms with E-state index in [1.165, 1.54) is 29.7 Å². The van der Waals surface area contributed by atoms with E-state index in [2.05, 4.69) is 20.4 Å². The van der Waals surface area contributed by atoms with Gasteiger partial charge in [0.1, 0.15) is 6.04 Å². The Labute approximate surface area is 233 Å². The molecule has 3 aromatic rings. The van der Waals surface area contributed by atoms with Crippen LogP contribution in [0.2, 0.25) is 0 Å². The number of aromatic nitrogens is 1. The Morgan fingerprint density at radius 2 is 1.87 bits per heavy atom. The minimum Gasteiger partial charge on any atom is -0.453 e. The number of ether oxygens (including phenoxy) is 1. The number of benzene rings is 2. The Kier molecular flexibility index (Phi) is 10.8. The molecule has 1 aromatic heterocycles. The van der Waals surface area contributed by atoms with E-state index in [1.54, 1.807) is 35.8 Å². The number of aliphatic hydroxyl groups excluding tert-OH is 1. The Morgan fingerprint density at radius 1 is 1.13 bits per heavy atom. The Balaban J connectivity index is 1.81. The van der Waals surface area contributed by atoms with Crippen LogP contribution >= 0.6 is 11.3 Å². The van der Waals surface area contributed by atoms with E-state index in [9.17, 15) is 23.1 Å². The first-order valence-electron chi connectivity index (χ1n) is 12.8. The molecule has 212 valence electrons. The number of alkyl carbamates (subject to hydrolysis) is 1. The standard InChI is InChI=1S/C27H36N4O6S2/c1-18(2)13-14-31(39(35,36)22-11-12-24-25(15-22)38-17-28-24)21(16-32)10-9-20-7-5-6-8-23(20)30-26(33)19(3)29-27(34)37-4/h5-8,11-12,15,17-19,21,32H,9-10,13-14,16H2,1-4H3,(H,29,34)(H,30,33). The van der Waals surface area contributed by atoms with Crippen LogP contribution in [0.4, 0.5) is 10.5 Å². The van der Waals surface area contributed by atoms with E-state index in [-0.39, 0.29) is 24.0 Å². The van der Waals surface area contributed by atoms with E-state index in [0.717, 1.165) is 15.8 Å². The van der Waals surface area contributed by atoms with Crippen LogP contribution in [0.5, 0.6) is 0 Å². The topological polar surface area (TPSA) is 138 Å². The number of sulfonamides is 1. The summed E-state index contributed by atoms with van der Waals surface area (Å²) in [5.41, 5.74) is 3.74. The van der Waals surface area contributed by atoms with Gasteiger partial charge in [0.2, 0.25) is 15.9 Å². The highest BCUT2D eigenvalue weighted by Gasteiger charge is 2.31. The van der Waals surface area contributed by atoms with Gasteiger partial charge in [-0.25, -0.2) is 18.2 Å². The van der Waals surface area contributed by atoms with E-state index in [0.29, 0.717) is 24.9 Å². The second kappa shape index (κ2) is 13.8. The Hall–Kier alpha value is -3.06. The molecule has 0 fully saturated rings. The van der Waals surface area contributed by atoms with Gasteiger partial charge in [-0.2, -0.15) is 4.31 Å². The number of amides is 2. The number of carbonyl (C=O) groups is 2. The molecule has 0 saturated carbocycles. The minimum absolute atomic E-state index is 0.168. The molecule has 0 bridgehead atoms. The minimum atomic E-state index is -3.91. The number of thiazole rings is 1. The second-order valence-electron chi connectivity index (χ2n) is 9.66. The summed E-state index contributed by atoms with van der Waals surface area (Å²) in [5, 5.41) is 15.6. The number of nitrogens with one attached hydrogen (secondary N) is 2. The number of carbonyl (C=O) groups excluding carboxylic acids is 2. The van der Waals surface area contributed by atoms with E-state index >= 15 is 0 Å². The van der Waals surface area contributed by atoms with Crippen molar-refractivity contribution in [3.8, 4) is 0 Å². The smallest absolute Gasteiger partial charge is 0.407 e. The largest absolute Gasteiger partial charge is 0.453 e. The van der Waals surface area contributed by atoms with Crippen LogP contribution in [-0.4, -0.2) is 67.2 Å². The van der Waals surface area contributed by atoms with Gasteiger partial charge in [0.25, 0.3) is 0 Å². The van der Waals surface area contributed by atoms with Crippen molar-refractivity contribution in [1.29, 1.82) is 0 Å². The van der Waals surface area contributed by atoms with Crippen molar-refractivity contribution in [3.05, 3.63) is 53.5 Å². The Morgan fingerprint density at radius 3 is 2.56 bits per heavy atom. The van der Waals surface area contributed by atoms with Gasteiger partial charge in [-0.15, -0.1) is 11.3 Å². The highest BCUT2D eigenvalue weighted by atomic mass is 32.2. The average molecular weight is 577 g/mol. The third-order valence-electron chi connectivity index (χ3n) is 6.39. The molecule has 0 aliphatic heterocycles. The fourth-order valence-corrected chi connectivity index (χ4v) is 6.55.